The van der Waals surface area contributed by atoms with E-state index in [9.17, 15) is 13.2 Å². The number of halogens is 3. The third kappa shape index (κ3) is 3.67. The largest absolute Gasteiger partial charge is 0.435 e. The van der Waals surface area contributed by atoms with Crippen molar-refractivity contribution in [3.05, 3.63) is 53.2 Å². The lowest BCUT2D eigenvalue weighted by Crippen LogP contribution is -2.10. The summed E-state index contributed by atoms with van der Waals surface area (Å²) >= 11 is 0. The molecular formula is C13H13F3N4. The molecule has 0 atom stereocenters. The molecule has 106 valence electrons. The lowest BCUT2D eigenvalue weighted by atomic mass is 10.1. The Morgan fingerprint density at radius 2 is 1.80 bits per heavy atom. The van der Waals surface area contributed by atoms with Gasteiger partial charge in [-0.3, -0.25) is 0 Å². The van der Waals surface area contributed by atoms with Gasteiger partial charge < -0.3 is 11.1 Å². The number of aromatic nitrogens is 2. The van der Waals surface area contributed by atoms with Crippen LogP contribution in [0.4, 0.5) is 19.0 Å². The van der Waals surface area contributed by atoms with Crippen molar-refractivity contribution >= 4 is 5.82 Å². The molecule has 0 aliphatic carbocycles. The van der Waals surface area contributed by atoms with Crippen LogP contribution in [-0.2, 0) is 19.3 Å². The zero-order valence-electron chi connectivity index (χ0n) is 10.5. The average molecular weight is 282 g/mol. The Labute approximate surface area is 113 Å². The minimum absolute atomic E-state index is 0.288. The van der Waals surface area contributed by atoms with Crippen LogP contribution in [0.1, 0.15) is 16.8 Å². The van der Waals surface area contributed by atoms with E-state index < -0.39 is 11.9 Å². The van der Waals surface area contributed by atoms with Crippen LogP contribution in [0.3, 0.4) is 0 Å². The molecule has 1 aromatic carbocycles. The fraction of sp³-hybridized carbons (Fsp3) is 0.231. The first-order valence-corrected chi connectivity index (χ1v) is 5.92. The van der Waals surface area contributed by atoms with Gasteiger partial charge in [0.05, 0.1) is 0 Å². The molecule has 20 heavy (non-hydrogen) atoms. The van der Waals surface area contributed by atoms with Crippen molar-refractivity contribution < 1.29 is 13.2 Å². The SMILES string of the molecule is NCc1cccc(CNc2ccc(C(F)(F)F)nn2)c1. The zero-order chi connectivity index (χ0) is 14.6. The van der Waals surface area contributed by atoms with E-state index in [0.29, 0.717) is 13.1 Å². The fourth-order valence-electron chi connectivity index (χ4n) is 1.64. The second-order valence-corrected chi connectivity index (χ2v) is 4.18. The second kappa shape index (κ2) is 5.87. The van der Waals surface area contributed by atoms with Gasteiger partial charge in [0.15, 0.2) is 5.69 Å². The van der Waals surface area contributed by atoms with E-state index in [1.807, 2.05) is 24.3 Å². The Kier molecular flexibility index (Phi) is 4.19. The van der Waals surface area contributed by atoms with Gasteiger partial charge in [0.1, 0.15) is 5.82 Å². The molecule has 0 unspecified atom stereocenters. The number of rotatable bonds is 4. The topological polar surface area (TPSA) is 63.8 Å². The first-order chi connectivity index (χ1) is 9.49. The molecule has 0 aliphatic rings. The molecule has 1 heterocycles. The molecule has 3 N–H and O–H groups in total. The summed E-state index contributed by atoms with van der Waals surface area (Å²) in [6.45, 7) is 0.877. The molecule has 0 radical (unpaired) electrons. The highest BCUT2D eigenvalue weighted by atomic mass is 19.4. The normalized spacial score (nSPS) is 11.4. The molecule has 1 aromatic heterocycles. The minimum atomic E-state index is -4.47. The van der Waals surface area contributed by atoms with Gasteiger partial charge in [-0.1, -0.05) is 24.3 Å². The molecule has 0 bridgehead atoms. The molecule has 2 rings (SSSR count). The fourth-order valence-corrected chi connectivity index (χ4v) is 1.64. The zero-order valence-corrected chi connectivity index (χ0v) is 10.5. The molecule has 0 amide bonds. The summed E-state index contributed by atoms with van der Waals surface area (Å²) in [6.07, 6.45) is -4.47. The highest BCUT2D eigenvalue weighted by molar-refractivity contribution is 5.35. The molecule has 0 saturated carbocycles. The van der Waals surface area contributed by atoms with Crippen molar-refractivity contribution in [1.82, 2.24) is 10.2 Å². The number of anilines is 1. The van der Waals surface area contributed by atoms with Crippen LogP contribution >= 0.6 is 0 Å². The number of nitrogens with two attached hydrogens (primary N) is 1. The van der Waals surface area contributed by atoms with Crippen LogP contribution in [0.5, 0.6) is 0 Å². The predicted octanol–water partition coefficient (Wildman–Crippen LogP) is 2.57. The highest BCUT2D eigenvalue weighted by Gasteiger charge is 2.32. The number of alkyl halides is 3. The van der Waals surface area contributed by atoms with Crippen LogP contribution in [0.2, 0.25) is 0 Å². The van der Waals surface area contributed by atoms with Crippen molar-refractivity contribution in [3.63, 3.8) is 0 Å². The minimum Gasteiger partial charge on any atom is -0.365 e. The summed E-state index contributed by atoms with van der Waals surface area (Å²) < 4.78 is 37.0. The van der Waals surface area contributed by atoms with Gasteiger partial charge in [0, 0.05) is 13.1 Å². The molecule has 2 aromatic rings. The summed E-state index contributed by atoms with van der Waals surface area (Å²) in [5.74, 6) is 0.288. The van der Waals surface area contributed by atoms with Crippen molar-refractivity contribution in [2.45, 2.75) is 19.3 Å². The monoisotopic (exact) mass is 282 g/mol. The maximum absolute atomic E-state index is 12.3. The van der Waals surface area contributed by atoms with Crippen LogP contribution < -0.4 is 11.1 Å². The maximum atomic E-state index is 12.3. The highest BCUT2D eigenvalue weighted by Crippen LogP contribution is 2.27. The average Bonchev–Trinajstić information content (AvgIpc) is 2.45. The number of benzene rings is 1. The summed E-state index contributed by atoms with van der Waals surface area (Å²) in [6, 6.07) is 9.74. The Bertz CT molecular complexity index is 567. The Morgan fingerprint density at radius 3 is 2.40 bits per heavy atom. The quantitative estimate of drug-likeness (QED) is 0.904. The lowest BCUT2D eigenvalue weighted by Gasteiger charge is -2.08. The summed E-state index contributed by atoms with van der Waals surface area (Å²) in [5, 5.41) is 9.54. The third-order valence-electron chi connectivity index (χ3n) is 2.66. The second-order valence-electron chi connectivity index (χ2n) is 4.18. The van der Waals surface area contributed by atoms with Crippen LogP contribution in [0, 0.1) is 0 Å². The molecular weight excluding hydrogens is 269 g/mol. The summed E-state index contributed by atoms with van der Waals surface area (Å²) in [4.78, 5) is 0. The Hall–Kier alpha value is -2.15. The van der Waals surface area contributed by atoms with Gasteiger partial charge >= 0.3 is 6.18 Å². The molecule has 7 heteroatoms. The van der Waals surface area contributed by atoms with Crippen LogP contribution in [0.25, 0.3) is 0 Å². The molecule has 0 aliphatic heterocycles. The van der Waals surface area contributed by atoms with E-state index in [1.165, 1.54) is 6.07 Å². The first kappa shape index (κ1) is 14.3. The maximum Gasteiger partial charge on any atom is 0.435 e. The van der Waals surface area contributed by atoms with Gasteiger partial charge in [-0.15, -0.1) is 10.2 Å². The number of hydrogen-bond donors (Lipinski definition) is 2. The van der Waals surface area contributed by atoms with E-state index >= 15 is 0 Å². The van der Waals surface area contributed by atoms with E-state index in [4.69, 9.17) is 5.73 Å². The summed E-state index contributed by atoms with van der Waals surface area (Å²) in [5.41, 5.74) is 6.48. The van der Waals surface area contributed by atoms with Gasteiger partial charge in [0.2, 0.25) is 0 Å². The Morgan fingerprint density at radius 1 is 1.05 bits per heavy atom. The predicted molar refractivity (Wildman–Crippen MR) is 68.7 cm³/mol. The van der Waals surface area contributed by atoms with Gasteiger partial charge in [-0.25, -0.2) is 0 Å². The lowest BCUT2D eigenvalue weighted by molar-refractivity contribution is -0.141. The third-order valence-corrected chi connectivity index (χ3v) is 2.66. The molecule has 0 spiro atoms. The van der Waals surface area contributed by atoms with Crippen LogP contribution in [0.15, 0.2) is 36.4 Å². The number of nitrogens with zero attached hydrogens (tertiary/aromatic N) is 2. The van der Waals surface area contributed by atoms with Crippen LogP contribution in [-0.4, -0.2) is 10.2 Å². The van der Waals surface area contributed by atoms with Crippen molar-refractivity contribution in [2.24, 2.45) is 5.73 Å². The van der Waals surface area contributed by atoms with E-state index in [-0.39, 0.29) is 5.82 Å². The van der Waals surface area contributed by atoms with Gasteiger partial charge in [-0.2, -0.15) is 13.2 Å². The van der Waals surface area contributed by atoms with Crippen molar-refractivity contribution in [2.75, 3.05) is 5.32 Å². The molecule has 4 nitrogen and oxygen atoms in total. The van der Waals surface area contributed by atoms with E-state index in [2.05, 4.69) is 15.5 Å². The van der Waals surface area contributed by atoms with Crippen molar-refractivity contribution in [3.8, 4) is 0 Å². The van der Waals surface area contributed by atoms with Gasteiger partial charge in [-0.05, 0) is 23.3 Å². The van der Waals surface area contributed by atoms with E-state index in [0.717, 1.165) is 17.2 Å². The molecule has 0 fully saturated rings. The smallest absolute Gasteiger partial charge is 0.365 e. The standard InChI is InChI=1S/C13H13F3N4/c14-13(15,16)11-4-5-12(20-19-11)18-8-10-3-1-2-9(6-10)7-17/h1-6H,7-8,17H2,(H,18,20). The van der Waals surface area contributed by atoms with Gasteiger partial charge in [0.25, 0.3) is 0 Å². The first-order valence-electron chi connectivity index (χ1n) is 5.92. The number of nitrogens with one attached hydrogen (secondary N) is 1. The summed E-state index contributed by atoms with van der Waals surface area (Å²) in [7, 11) is 0. The van der Waals surface area contributed by atoms with Crippen molar-refractivity contribution in [1.29, 1.82) is 0 Å². The molecule has 0 saturated heterocycles. The van der Waals surface area contributed by atoms with E-state index in [1.54, 1.807) is 0 Å². The number of hydrogen-bond acceptors (Lipinski definition) is 4. The Balaban J connectivity index is 2.00.